The lowest BCUT2D eigenvalue weighted by molar-refractivity contribution is -0.324. The molecule has 0 saturated carbocycles. The summed E-state index contributed by atoms with van der Waals surface area (Å²) >= 11 is 0. The number of esters is 1. The number of nitrogens with one attached hydrogen (secondary N) is 3. The summed E-state index contributed by atoms with van der Waals surface area (Å²) < 4.78 is 43.8. The number of nitrogens with zero attached hydrogens (tertiary/aromatic N) is 5. The number of carbonyl (C=O) groups excluding carboxylic acids is 7. The first-order valence-electron chi connectivity index (χ1n) is 33.0. The molecule has 0 spiro atoms. The van der Waals surface area contributed by atoms with E-state index in [1.54, 1.807) is 52.0 Å². The summed E-state index contributed by atoms with van der Waals surface area (Å²) in [5.41, 5.74) is 4.76. The van der Waals surface area contributed by atoms with E-state index in [1.807, 2.05) is 19.0 Å². The lowest BCUT2D eigenvalue weighted by Gasteiger charge is -2.48. The van der Waals surface area contributed by atoms with Crippen LogP contribution in [0.1, 0.15) is 163 Å². The SMILES string of the molecule is CC[C@@]1(O)C[C@H](O[C@H]2C[C@@H](N(C)C)[C@H](O[C@H]3C[C@@H](O)[C@@H](O[C@H]4CCC(=NCC(=O)CCSSCC(CC(=O)CCCNC(=O)c5ccc(NCc6cnc7nc(N)[nH]c(=O)c7n6)cc5)C(=O)OO)C(C)O4)C(C)O3)C(C)O2)c2c(cc3c(c2O)C(=O)c2c(O)cccc2C3=O)[C@H]1C(=O)OC. The Hall–Kier alpha value is -7.86. The van der Waals surface area contributed by atoms with Crippen molar-refractivity contribution in [1.82, 2.24) is 30.2 Å². The second-order valence-electron chi connectivity index (χ2n) is 25.6. The number of hydrogen-bond donors (Lipinski definition) is 9. The number of aromatic amines is 1. The van der Waals surface area contributed by atoms with Gasteiger partial charge in [0.1, 0.15) is 35.4 Å². The number of aromatic nitrogens is 4. The molecule has 2 aliphatic carbocycles. The van der Waals surface area contributed by atoms with Crippen molar-refractivity contribution < 1.29 is 97.3 Å². The third-order valence-corrected chi connectivity index (χ3v) is 21.1. The number of aliphatic hydroxyl groups excluding tert-OH is 1. The van der Waals surface area contributed by atoms with Gasteiger partial charge < -0.3 is 79.7 Å². The standard InChI is InChI=1S/C68H83N9O21S2/c1-8-68(89)27-48(53-42(55(68)66(88)91-7)24-43-54(59(53)84)58(83)52-41(57(43)82)12-9-13-46(52)80)95-50-25-45(77(5)6)60(33(3)93-50)97-51-26-47(81)61(34(4)94-51)96-49-19-18-44(32(2)92-49)72-30-40(79)20-22-99-100-31-36(65(87)98-90)23-39(78)11-10-21-70-63(85)35-14-16-37(17-15-35)71-28-38-29-73-62-56(74-38)64(86)76-67(69)75-62/h9,12-17,24,29,32-34,36,45,47-51,55,60-61,71,80-81,84,89-90H,8,10-11,18-23,25-28,30-31H2,1-7H3,(H,70,85)(H3,69,73,75,76,86)/t32?,33?,34?,36?,45-,47-,48+,49+,50+,51+,55+,60-,61+,68-/m1/s1. The second-order valence-corrected chi connectivity index (χ2v) is 28.3. The predicted octanol–water partition coefficient (Wildman–Crippen LogP) is 5.39. The summed E-state index contributed by atoms with van der Waals surface area (Å²) in [6.07, 6.45) is -5.48. The zero-order chi connectivity index (χ0) is 71.9. The topological polar surface area (TPSA) is 432 Å². The summed E-state index contributed by atoms with van der Waals surface area (Å²) in [7, 11) is 7.45. The van der Waals surface area contributed by atoms with E-state index in [2.05, 4.69) is 40.4 Å². The van der Waals surface area contributed by atoms with Crippen LogP contribution in [0.2, 0.25) is 0 Å². The maximum absolute atomic E-state index is 14.1. The summed E-state index contributed by atoms with van der Waals surface area (Å²) in [5.74, 6) is -6.96. The minimum Gasteiger partial charge on any atom is -0.507 e. The van der Waals surface area contributed by atoms with E-state index in [-0.39, 0.29) is 138 Å². The molecule has 14 atom stereocenters. The van der Waals surface area contributed by atoms with E-state index in [4.69, 9.17) is 44.1 Å². The van der Waals surface area contributed by atoms with Gasteiger partial charge in [-0.1, -0.05) is 40.6 Å². The van der Waals surface area contributed by atoms with Crippen LogP contribution < -0.4 is 21.9 Å². The number of nitrogens with two attached hydrogens (primary N) is 1. The molecule has 0 bridgehead atoms. The average molecular weight is 1430 g/mol. The summed E-state index contributed by atoms with van der Waals surface area (Å²) in [4.78, 5) is 130. The highest BCUT2D eigenvalue weighted by atomic mass is 33.1. The summed E-state index contributed by atoms with van der Waals surface area (Å²) in [6, 6.07) is 11.6. The van der Waals surface area contributed by atoms with E-state index < -0.39 is 126 Å². The van der Waals surface area contributed by atoms with Gasteiger partial charge in [0, 0.05) is 103 Å². The van der Waals surface area contributed by atoms with Crippen molar-refractivity contribution in [2.75, 3.05) is 56.9 Å². The van der Waals surface area contributed by atoms with Gasteiger partial charge in [0.15, 0.2) is 41.6 Å². The number of anilines is 2. The first kappa shape index (κ1) is 74.8. The Kier molecular flexibility index (Phi) is 24.6. The molecule has 538 valence electrons. The van der Waals surface area contributed by atoms with Crippen molar-refractivity contribution in [1.29, 1.82) is 0 Å². The van der Waals surface area contributed by atoms with Gasteiger partial charge in [0.2, 0.25) is 11.7 Å². The fraction of sp³-hybridized carbons (Fsp3) is 0.529. The van der Waals surface area contributed by atoms with E-state index >= 15 is 0 Å². The molecule has 3 aromatic carbocycles. The van der Waals surface area contributed by atoms with Gasteiger partial charge in [-0.05, 0) is 96.1 Å². The summed E-state index contributed by atoms with van der Waals surface area (Å²) in [6.45, 7) is 7.38. The number of aliphatic imine (C=N–C) groups is 1. The molecule has 30 nitrogen and oxygen atoms in total. The Morgan fingerprint density at radius 3 is 2.32 bits per heavy atom. The number of H-pyrrole nitrogens is 1. The number of nitrogen functional groups attached to an aromatic ring is 1. The second kappa shape index (κ2) is 32.9. The molecule has 100 heavy (non-hydrogen) atoms. The molecule has 5 aromatic rings. The van der Waals surface area contributed by atoms with Gasteiger partial charge in [-0.3, -0.25) is 43.5 Å². The minimum atomic E-state index is -1.81. The van der Waals surface area contributed by atoms with Crippen molar-refractivity contribution in [2.24, 2.45) is 10.9 Å². The number of Topliss-reactive ketones (excluding diaryl/α,β-unsaturated/α-hetero) is 2. The number of fused-ring (bicyclic) bond motifs is 4. The van der Waals surface area contributed by atoms with Gasteiger partial charge in [-0.15, -0.1) is 0 Å². The highest BCUT2D eigenvalue weighted by Gasteiger charge is 2.54. The minimum absolute atomic E-state index is 0.00567. The Morgan fingerprint density at radius 1 is 0.890 bits per heavy atom. The van der Waals surface area contributed by atoms with Crippen LogP contribution in [-0.2, 0) is 63.8 Å². The number of ketones is 4. The predicted molar refractivity (Wildman–Crippen MR) is 363 cm³/mol. The number of rotatable bonds is 28. The number of ether oxygens (including phenoxy) is 7. The number of likely N-dealkylation sites (N-methyl/N-ethyl adjacent to an activating group) is 1. The quantitative estimate of drug-likeness (QED) is 0.00976. The fourth-order valence-electron chi connectivity index (χ4n) is 13.3. The molecule has 0 radical (unpaired) electrons. The van der Waals surface area contributed by atoms with Crippen LogP contribution in [0.4, 0.5) is 11.6 Å². The Labute approximate surface area is 582 Å². The number of phenolic OH excluding ortho intramolecular Hbond substituents is 2. The molecule has 32 heteroatoms. The number of methoxy groups -OCH3 is 1. The Balaban J connectivity index is 0.630. The first-order valence-corrected chi connectivity index (χ1v) is 35.5. The van der Waals surface area contributed by atoms with Crippen molar-refractivity contribution >= 4 is 91.1 Å². The van der Waals surface area contributed by atoms with Crippen LogP contribution in [0.15, 0.2) is 64.5 Å². The van der Waals surface area contributed by atoms with Crippen LogP contribution in [0, 0.1) is 5.92 Å². The van der Waals surface area contributed by atoms with E-state index in [1.165, 1.54) is 52.1 Å². The van der Waals surface area contributed by atoms with Gasteiger partial charge >= 0.3 is 11.9 Å². The summed E-state index contributed by atoms with van der Waals surface area (Å²) in [5, 5.41) is 61.8. The van der Waals surface area contributed by atoms with Crippen molar-refractivity contribution in [3.05, 3.63) is 110 Å². The molecule has 4 unspecified atom stereocenters. The smallest absolute Gasteiger partial charge is 0.346 e. The number of phenols is 2. The lowest BCUT2D eigenvalue weighted by Crippen LogP contribution is -2.58. The zero-order valence-electron chi connectivity index (χ0n) is 56.2. The van der Waals surface area contributed by atoms with E-state index in [0.29, 0.717) is 47.7 Å². The highest BCUT2D eigenvalue weighted by molar-refractivity contribution is 8.76. The molecule has 3 fully saturated rings. The van der Waals surface area contributed by atoms with Crippen LogP contribution >= 0.6 is 21.6 Å². The molecule has 1 amide bonds. The fourth-order valence-corrected chi connectivity index (χ4v) is 15.7. The first-order chi connectivity index (χ1) is 47.8. The number of carbonyl (C=O) groups is 7. The van der Waals surface area contributed by atoms with Crippen molar-refractivity contribution in [3.8, 4) is 11.5 Å². The van der Waals surface area contributed by atoms with Crippen LogP contribution in [0.25, 0.3) is 11.2 Å². The number of aliphatic hydroxyl groups is 2. The lowest BCUT2D eigenvalue weighted by atomic mass is 9.67. The Bertz CT molecular complexity index is 3960. The van der Waals surface area contributed by atoms with Gasteiger partial charge in [0.05, 0.1) is 85.3 Å². The zero-order valence-corrected chi connectivity index (χ0v) is 57.8. The Morgan fingerprint density at radius 2 is 1.62 bits per heavy atom. The largest absolute Gasteiger partial charge is 0.507 e. The van der Waals surface area contributed by atoms with Gasteiger partial charge in [0.25, 0.3) is 11.5 Å². The average Bonchev–Trinajstić information content (AvgIpc) is 0.711. The molecule has 3 aliphatic heterocycles. The molecular weight excluding hydrogens is 1340 g/mol. The van der Waals surface area contributed by atoms with Gasteiger partial charge in [-0.2, -0.15) is 10.2 Å². The maximum atomic E-state index is 14.1. The van der Waals surface area contributed by atoms with Crippen LogP contribution in [0.5, 0.6) is 11.5 Å². The number of hydrogen-bond acceptors (Lipinski definition) is 30. The van der Waals surface area contributed by atoms with E-state index in [9.17, 15) is 58.8 Å². The van der Waals surface area contributed by atoms with Crippen LogP contribution in [0.3, 0.4) is 0 Å². The number of benzene rings is 3. The van der Waals surface area contributed by atoms with Crippen LogP contribution in [-0.4, -0.2) is 210 Å². The molecule has 10 N–H and O–H groups in total. The third-order valence-electron chi connectivity index (χ3n) is 18.7. The highest BCUT2D eigenvalue weighted by Crippen LogP contribution is 2.54. The third kappa shape index (κ3) is 17.0. The molecule has 2 aromatic heterocycles. The molecule has 10 rings (SSSR count). The molecule has 3 saturated heterocycles. The monoisotopic (exact) mass is 1430 g/mol. The van der Waals surface area contributed by atoms with Gasteiger partial charge in [-0.25, -0.2) is 14.8 Å². The van der Waals surface area contributed by atoms with Crippen molar-refractivity contribution in [3.63, 3.8) is 0 Å². The number of amides is 1. The van der Waals surface area contributed by atoms with E-state index in [0.717, 1.165) is 7.11 Å². The molecule has 5 aliphatic rings. The molecular formula is C68H83N9O21S2. The normalized spacial score (nSPS) is 26.5. The molecule has 5 heterocycles. The number of aromatic hydroxyl groups is 2. The maximum Gasteiger partial charge on any atom is 0.346 e. The van der Waals surface area contributed by atoms with Crippen molar-refractivity contribution in [2.45, 2.75) is 178 Å².